The Morgan fingerprint density at radius 1 is 1.12 bits per heavy atom. The minimum atomic E-state index is 0.316. The summed E-state index contributed by atoms with van der Waals surface area (Å²) in [5, 5.41) is 3.28. The summed E-state index contributed by atoms with van der Waals surface area (Å²) >= 11 is 6.00. The van der Waals surface area contributed by atoms with E-state index in [0.717, 1.165) is 31.1 Å². The Morgan fingerprint density at radius 2 is 1.82 bits per heavy atom. The molecule has 4 unspecified atom stereocenters. The molecular formula is C14H22ClNO. The summed E-state index contributed by atoms with van der Waals surface area (Å²) in [5.41, 5.74) is 0. The molecule has 0 aromatic heterocycles. The number of hydrogen-bond acceptors (Lipinski definition) is 1. The molecular weight excluding hydrogens is 234 g/mol. The smallest absolute Gasteiger partial charge is 0.223 e. The van der Waals surface area contributed by atoms with E-state index in [0.29, 0.717) is 29.7 Å². The molecule has 0 aliphatic heterocycles. The summed E-state index contributed by atoms with van der Waals surface area (Å²) in [5.74, 6) is 3.61. The van der Waals surface area contributed by atoms with E-state index in [1.54, 1.807) is 0 Å². The van der Waals surface area contributed by atoms with E-state index in [2.05, 4.69) is 5.32 Å². The average Bonchev–Trinajstić information content (AvgIpc) is 2.96. The fourth-order valence-corrected chi connectivity index (χ4v) is 4.18. The maximum Gasteiger partial charge on any atom is 0.223 e. The zero-order valence-electron chi connectivity index (χ0n) is 10.3. The maximum absolute atomic E-state index is 12.2. The Kier molecular flexibility index (Phi) is 3.34. The van der Waals surface area contributed by atoms with Crippen LogP contribution in [0.4, 0.5) is 0 Å². The molecule has 3 rings (SSSR count). The zero-order valence-corrected chi connectivity index (χ0v) is 11.1. The molecule has 17 heavy (non-hydrogen) atoms. The number of amides is 1. The molecule has 0 aromatic rings. The molecule has 0 spiro atoms. The lowest BCUT2D eigenvalue weighted by molar-refractivity contribution is -0.126. The van der Waals surface area contributed by atoms with Crippen LogP contribution in [0.5, 0.6) is 0 Å². The van der Waals surface area contributed by atoms with Gasteiger partial charge in [0.05, 0.1) is 0 Å². The number of nitrogens with one attached hydrogen (secondary N) is 1. The lowest BCUT2D eigenvalue weighted by Gasteiger charge is -2.31. The van der Waals surface area contributed by atoms with Gasteiger partial charge in [0.25, 0.3) is 0 Å². The van der Waals surface area contributed by atoms with Crippen LogP contribution in [0.25, 0.3) is 0 Å². The Morgan fingerprint density at radius 3 is 2.53 bits per heavy atom. The second-order valence-electron chi connectivity index (χ2n) is 6.24. The molecule has 3 saturated carbocycles. The van der Waals surface area contributed by atoms with Crippen molar-refractivity contribution in [1.82, 2.24) is 5.32 Å². The number of alkyl halides is 1. The van der Waals surface area contributed by atoms with Crippen molar-refractivity contribution >= 4 is 17.5 Å². The average molecular weight is 256 g/mol. The van der Waals surface area contributed by atoms with E-state index in [4.69, 9.17) is 11.6 Å². The van der Waals surface area contributed by atoms with E-state index in [-0.39, 0.29) is 0 Å². The van der Waals surface area contributed by atoms with Gasteiger partial charge in [-0.25, -0.2) is 0 Å². The van der Waals surface area contributed by atoms with E-state index >= 15 is 0 Å². The van der Waals surface area contributed by atoms with Crippen LogP contribution < -0.4 is 5.32 Å². The van der Waals surface area contributed by atoms with Crippen LogP contribution in [0.1, 0.15) is 44.9 Å². The van der Waals surface area contributed by atoms with E-state index in [9.17, 15) is 4.79 Å². The van der Waals surface area contributed by atoms with Gasteiger partial charge in [-0.05, 0) is 49.9 Å². The highest BCUT2D eigenvalue weighted by molar-refractivity contribution is 6.18. The molecule has 3 aliphatic rings. The number of hydrogen-bond donors (Lipinski definition) is 1. The molecule has 3 aliphatic carbocycles. The fraction of sp³-hybridized carbons (Fsp3) is 0.929. The summed E-state index contributed by atoms with van der Waals surface area (Å²) in [6, 6.07) is 0.352. The quantitative estimate of drug-likeness (QED) is 0.772. The van der Waals surface area contributed by atoms with Gasteiger partial charge < -0.3 is 5.32 Å². The van der Waals surface area contributed by atoms with Gasteiger partial charge in [-0.15, -0.1) is 11.6 Å². The van der Waals surface area contributed by atoms with Crippen molar-refractivity contribution in [3.05, 3.63) is 0 Å². The van der Waals surface area contributed by atoms with E-state index in [1.807, 2.05) is 0 Å². The first-order valence-corrected chi connectivity index (χ1v) is 7.67. The fourth-order valence-electron chi connectivity index (χ4n) is 3.81. The van der Waals surface area contributed by atoms with Crippen LogP contribution in [-0.2, 0) is 4.79 Å². The molecule has 0 aromatic carbocycles. The molecule has 4 atom stereocenters. The molecule has 0 bridgehead atoms. The summed E-state index contributed by atoms with van der Waals surface area (Å²) < 4.78 is 0. The van der Waals surface area contributed by atoms with Crippen molar-refractivity contribution in [2.24, 2.45) is 23.7 Å². The maximum atomic E-state index is 12.2. The van der Waals surface area contributed by atoms with Gasteiger partial charge in [-0.3, -0.25) is 4.79 Å². The van der Waals surface area contributed by atoms with Crippen LogP contribution in [0.2, 0.25) is 0 Å². The molecule has 0 saturated heterocycles. The first-order valence-electron chi connectivity index (χ1n) is 7.14. The highest BCUT2D eigenvalue weighted by atomic mass is 35.5. The number of halogens is 1. The highest BCUT2D eigenvalue weighted by Crippen LogP contribution is 2.54. The van der Waals surface area contributed by atoms with E-state index in [1.165, 1.54) is 25.7 Å². The number of rotatable bonds is 3. The van der Waals surface area contributed by atoms with Gasteiger partial charge in [-0.2, -0.15) is 0 Å². The van der Waals surface area contributed by atoms with Crippen molar-refractivity contribution in [3.8, 4) is 0 Å². The first-order chi connectivity index (χ1) is 8.28. The minimum Gasteiger partial charge on any atom is -0.353 e. The van der Waals surface area contributed by atoms with Crippen LogP contribution in [0, 0.1) is 23.7 Å². The lowest BCUT2D eigenvalue weighted by Crippen LogP contribution is -2.45. The Labute approximate surface area is 108 Å². The molecule has 1 amide bonds. The lowest BCUT2D eigenvalue weighted by atomic mass is 9.85. The highest BCUT2D eigenvalue weighted by Gasteiger charge is 2.48. The first kappa shape index (κ1) is 11.8. The molecule has 0 radical (unpaired) electrons. The Balaban J connectivity index is 1.52. The third-order valence-corrected chi connectivity index (χ3v) is 5.45. The van der Waals surface area contributed by atoms with Crippen LogP contribution >= 0.6 is 11.6 Å². The topological polar surface area (TPSA) is 29.1 Å². The summed E-state index contributed by atoms with van der Waals surface area (Å²) in [4.78, 5) is 12.2. The van der Waals surface area contributed by atoms with Gasteiger partial charge in [0.15, 0.2) is 0 Å². The normalized spacial score (nSPS) is 44.2. The van der Waals surface area contributed by atoms with Gasteiger partial charge >= 0.3 is 0 Å². The monoisotopic (exact) mass is 255 g/mol. The Bertz CT molecular complexity index is 297. The summed E-state index contributed by atoms with van der Waals surface area (Å²) in [7, 11) is 0. The van der Waals surface area contributed by atoms with Crippen LogP contribution in [-0.4, -0.2) is 17.8 Å². The van der Waals surface area contributed by atoms with Crippen molar-refractivity contribution in [2.75, 3.05) is 5.88 Å². The van der Waals surface area contributed by atoms with Gasteiger partial charge in [0, 0.05) is 17.8 Å². The predicted octanol–water partition coefficient (Wildman–Crippen LogP) is 2.95. The van der Waals surface area contributed by atoms with Crippen molar-refractivity contribution in [1.29, 1.82) is 0 Å². The van der Waals surface area contributed by atoms with Crippen LogP contribution in [0.15, 0.2) is 0 Å². The van der Waals surface area contributed by atoms with Gasteiger partial charge in [0.2, 0.25) is 5.91 Å². The zero-order chi connectivity index (χ0) is 11.8. The third kappa shape index (κ3) is 2.47. The minimum absolute atomic E-state index is 0.316. The predicted molar refractivity (Wildman–Crippen MR) is 68.9 cm³/mol. The molecule has 1 N–H and O–H groups in total. The SMILES string of the molecule is O=C(NC1CCCCC1CCl)C1CC2CC2C1. The standard InChI is InChI=1S/C14H22ClNO/c15-8-9-3-1-2-4-13(9)16-14(17)12-6-10-5-11(10)7-12/h9-13H,1-8H2,(H,16,17). The number of carbonyl (C=O) groups excluding carboxylic acids is 1. The summed E-state index contributed by atoms with van der Waals surface area (Å²) in [6.45, 7) is 0. The number of carbonyl (C=O) groups is 1. The molecule has 3 fully saturated rings. The Hall–Kier alpha value is -0.240. The molecule has 3 heteroatoms. The summed E-state index contributed by atoms with van der Waals surface area (Å²) in [6.07, 6.45) is 8.51. The second-order valence-corrected chi connectivity index (χ2v) is 6.55. The molecule has 96 valence electrons. The molecule has 2 nitrogen and oxygen atoms in total. The largest absolute Gasteiger partial charge is 0.353 e. The number of fused-ring (bicyclic) bond motifs is 1. The van der Waals surface area contributed by atoms with Crippen molar-refractivity contribution in [3.63, 3.8) is 0 Å². The van der Waals surface area contributed by atoms with Crippen molar-refractivity contribution in [2.45, 2.75) is 51.0 Å². The van der Waals surface area contributed by atoms with E-state index < -0.39 is 0 Å². The van der Waals surface area contributed by atoms with Gasteiger partial charge in [0.1, 0.15) is 0 Å². The van der Waals surface area contributed by atoms with Gasteiger partial charge in [-0.1, -0.05) is 12.8 Å². The van der Waals surface area contributed by atoms with Crippen molar-refractivity contribution < 1.29 is 4.79 Å². The van der Waals surface area contributed by atoms with Crippen LogP contribution in [0.3, 0.4) is 0 Å². The second kappa shape index (κ2) is 4.79. The molecule has 0 heterocycles. The third-order valence-electron chi connectivity index (χ3n) is 5.05.